The van der Waals surface area contributed by atoms with Crippen molar-refractivity contribution in [1.82, 2.24) is 9.97 Å². The number of benzene rings is 1. The molecule has 100 valence electrons. The van der Waals surface area contributed by atoms with Gasteiger partial charge in [0.2, 0.25) is 5.95 Å². The van der Waals surface area contributed by atoms with Gasteiger partial charge in [-0.15, -0.1) is 0 Å². The van der Waals surface area contributed by atoms with E-state index in [4.69, 9.17) is 0 Å². The van der Waals surface area contributed by atoms with Gasteiger partial charge in [0.1, 0.15) is 5.82 Å². The fourth-order valence-corrected chi connectivity index (χ4v) is 1.96. The first kappa shape index (κ1) is 13.6. The molecule has 0 aliphatic rings. The summed E-state index contributed by atoms with van der Waals surface area (Å²) in [5.74, 6) is 1.31. The van der Waals surface area contributed by atoms with Crippen LogP contribution in [0.1, 0.15) is 0 Å². The van der Waals surface area contributed by atoms with Crippen LogP contribution in [-0.4, -0.2) is 31.1 Å². The van der Waals surface area contributed by atoms with Crippen LogP contribution in [-0.2, 0) is 0 Å². The largest absolute Gasteiger partial charge is 0.376 e. The van der Waals surface area contributed by atoms with Gasteiger partial charge in [0, 0.05) is 27.3 Å². The number of hydrogen-bond donors (Lipinski definition) is 2. The zero-order valence-electron chi connectivity index (χ0n) is 11.1. The van der Waals surface area contributed by atoms with Gasteiger partial charge in [0.15, 0.2) is 0 Å². The molecule has 0 amide bonds. The molecular weight excluding hydrogens is 306 g/mol. The van der Waals surface area contributed by atoms with Crippen LogP contribution in [0.5, 0.6) is 0 Å². The lowest BCUT2D eigenvalue weighted by Gasteiger charge is -2.18. The van der Waals surface area contributed by atoms with E-state index in [1.165, 1.54) is 0 Å². The second-order valence-electron chi connectivity index (χ2n) is 4.18. The Kier molecular flexibility index (Phi) is 4.21. The molecule has 1 aromatic heterocycles. The van der Waals surface area contributed by atoms with E-state index in [0.29, 0.717) is 5.95 Å². The maximum absolute atomic E-state index is 4.39. The first-order chi connectivity index (χ1) is 9.11. The molecule has 0 unspecified atom stereocenters. The Bertz CT molecular complexity index is 571. The first-order valence-electron chi connectivity index (χ1n) is 5.85. The average molecular weight is 322 g/mol. The number of rotatable bonds is 4. The summed E-state index contributed by atoms with van der Waals surface area (Å²) in [6.45, 7) is 0. The molecule has 0 bridgehead atoms. The van der Waals surface area contributed by atoms with E-state index in [1.54, 1.807) is 13.2 Å². The van der Waals surface area contributed by atoms with Gasteiger partial charge in [0.05, 0.1) is 15.8 Å². The Morgan fingerprint density at radius 2 is 1.95 bits per heavy atom. The van der Waals surface area contributed by atoms with Crippen LogP contribution in [0, 0.1) is 0 Å². The zero-order valence-corrected chi connectivity index (χ0v) is 12.7. The number of hydrogen-bond acceptors (Lipinski definition) is 5. The van der Waals surface area contributed by atoms with E-state index in [9.17, 15) is 0 Å². The normalized spacial score (nSPS) is 10.1. The Labute approximate surface area is 121 Å². The van der Waals surface area contributed by atoms with Crippen LogP contribution in [0.25, 0.3) is 0 Å². The highest BCUT2D eigenvalue weighted by atomic mass is 79.9. The molecule has 5 nitrogen and oxygen atoms in total. The van der Waals surface area contributed by atoms with Crippen molar-refractivity contribution in [3.63, 3.8) is 0 Å². The van der Waals surface area contributed by atoms with Gasteiger partial charge in [0.25, 0.3) is 0 Å². The summed E-state index contributed by atoms with van der Waals surface area (Å²) in [4.78, 5) is 10.6. The predicted octanol–water partition coefficient (Wildman–Crippen LogP) is 3.09. The lowest BCUT2D eigenvalue weighted by molar-refractivity contribution is 1.12. The molecule has 0 spiro atoms. The summed E-state index contributed by atoms with van der Waals surface area (Å²) in [7, 11) is 5.81. The number of nitrogens with zero attached hydrogens (tertiary/aromatic N) is 3. The molecule has 2 aromatic rings. The molecule has 0 atom stereocenters. The summed E-state index contributed by atoms with van der Waals surface area (Å²) in [6, 6.07) is 8.07. The molecular formula is C13H16BrN5. The Hall–Kier alpha value is -1.82. The number of aromatic nitrogens is 2. The monoisotopic (exact) mass is 321 g/mol. The smallest absolute Gasteiger partial charge is 0.224 e. The van der Waals surface area contributed by atoms with Crippen molar-refractivity contribution in [2.24, 2.45) is 0 Å². The second kappa shape index (κ2) is 5.88. The van der Waals surface area contributed by atoms with Gasteiger partial charge in [-0.3, -0.25) is 0 Å². The van der Waals surface area contributed by atoms with E-state index in [-0.39, 0.29) is 0 Å². The maximum atomic E-state index is 4.39. The first-order valence-corrected chi connectivity index (χ1v) is 6.65. The van der Waals surface area contributed by atoms with Crippen LogP contribution in [0.2, 0.25) is 0 Å². The van der Waals surface area contributed by atoms with Crippen LogP contribution >= 0.6 is 15.9 Å². The van der Waals surface area contributed by atoms with E-state index in [0.717, 1.165) is 21.7 Å². The molecule has 0 aliphatic heterocycles. The highest BCUT2D eigenvalue weighted by Crippen LogP contribution is 2.29. The van der Waals surface area contributed by atoms with E-state index >= 15 is 0 Å². The number of nitrogens with one attached hydrogen (secondary N) is 2. The number of halogens is 1. The van der Waals surface area contributed by atoms with Crippen molar-refractivity contribution in [2.45, 2.75) is 0 Å². The Balaban J connectivity index is 2.36. The third-order valence-electron chi connectivity index (χ3n) is 2.61. The van der Waals surface area contributed by atoms with Gasteiger partial charge in [-0.2, -0.15) is 4.98 Å². The van der Waals surface area contributed by atoms with Crippen LogP contribution in [0.4, 0.5) is 23.1 Å². The summed E-state index contributed by atoms with van der Waals surface area (Å²) < 4.78 is 0.819. The minimum atomic E-state index is 0.577. The van der Waals surface area contributed by atoms with Gasteiger partial charge < -0.3 is 15.5 Å². The molecule has 0 saturated carbocycles. The summed E-state index contributed by atoms with van der Waals surface area (Å²) in [6.07, 6.45) is 1.72. The highest BCUT2D eigenvalue weighted by Gasteiger charge is 2.08. The van der Waals surface area contributed by atoms with Crippen molar-refractivity contribution >= 4 is 39.1 Å². The van der Waals surface area contributed by atoms with Gasteiger partial charge in [-0.25, -0.2) is 4.98 Å². The van der Waals surface area contributed by atoms with Gasteiger partial charge >= 0.3 is 0 Å². The maximum Gasteiger partial charge on any atom is 0.224 e. The summed E-state index contributed by atoms with van der Waals surface area (Å²) in [5, 5.41) is 6.24. The zero-order chi connectivity index (χ0) is 13.8. The van der Waals surface area contributed by atoms with Crippen LogP contribution < -0.4 is 15.5 Å². The molecule has 0 radical (unpaired) electrons. The van der Waals surface area contributed by atoms with Crippen LogP contribution in [0.3, 0.4) is 0 Å². The molecule has 0 fully saturated rings. The van der Waals surface area contributed by atoms with E-state index in [2.05, 4.69) is 47.5 Å². The topological polar surface area (TPSA) is 53.1 Å². The molecule has 1 aromatic carbocycles. The number of anilines is 4. The van der Waals surface area contributed by atoms with Gasteiger partial charge in [-0.1, -0.05) is 12.1 Å². The predicted molar refractivity (Wildman–Crippen MR) is 83.3 cm³/mol. The number of para-hydroxylation sites is 2. The average Bonchev–Trinajstić information content (AvgIpc) is 2.41. The molecule has 0 saturated heterocycles. The third kappa shape index (κ3) is 3.14. The minimum Gasteiger partial charge on any atom is -0.376 e. The van der Waals surface area contributed by atoms with Crippen molar-refractivity contribution in [1.29, 1.82) is 0 Å². The van der Waals surface area contributed by atoms with Crippen molar-refractivity contribution < 1.29 is 0 Å². The van der Waals surface area contributed by atoms with Crippen molar-refractivity contribution in [2.75, 3.05) is 36.7 Å². The summed E-state index contributed by atoms with van der Waals surface area (Å²) >= 11 is 3.45. The SMILES string of the molecule is CNc1ncc(Br)c(Nc2ccccc2N(C)C)n1. The van der Waals surface area contributed by atoms with Crippen molar-refractivity contribution in [3.05, 3.63) is 34.9 Å². The lowest BCUT2D eigenvalue weighted by Crippen LogP contribution is -2.11. The standard InChI is InChI=1S/C13H16BrN5/c1-15-13-16-8-9(14)12(18-13)17-10-6-4-5-7-11(10)19(2)3/h4-8H,1-3H3,(H2,15,16,17,18). The molecule has 2 rings (SSSR count). The molecule has 1 heterocycles. The highest BCUT2D eigenvalue weighted by molar-refractivity contribution is 9.10. The van der Waals surface area contributed by atoms with E-state index < -0.39 is 0 Å². The van der Waals surface area contributed by atoms with Gasteiger partial charge in [-0.05, 0) is 28.1 Å². The quantitative estimate of drug-likeness (QED) is 0.906. The fourth-order valence-electron chi connectivity index (χ4n) is 1.67. The molecule has 0 aliphatic carbocycles. The Morgan fingerprint density at radius 3 is 2.63 bits per heavy atom. The molecule has 6 heteroatoms. The second-order valence-corrected chi connectivity index (χ2v) is 5.03. The third-order valence-corrected chi connectivity index (χ3v) is 3.19. The molecule has 2 N–H and O–H groups in total. The fraction of sp³-hybridized carbons (Fsp3) is 0.231. The van der Waals surface area contributed by atoms with E-state index in [1.807, 2.05) is 32.3 Å². The minimum absolute atomic E-state index is 0.577. The van der Waals surface area contributed by atoms with Crippen LogP contribution in [0.15, 0.2) is 34.9 Å². The molecule has 19 heavy (non-hydrogen) atoms. The lowest BCUT2D eigenvalue weighted by atomic mass is 10.2. The Morgan fingerprint density at radius 1 is 1.21 bits per heavy atom. The van der Waals surface area contributed by atoms with Crippen molar-refractivity contribution in [3.8, 4) is 0 Å². The summed E-state index contributed by atoms with van der Waals surface area (Å²) in [5.41, 5.74) is 2.09.